The van der Waals surface area contributed by atoms with Gasteiger partial charge in [-0.25, -0.2) is 23.4 Å². The van der Waals surface area contributed by atoms with Crippen LogP contribution in [0.25, 0.3) is 22.7 Å². The molecule has 0 fully saturated rings. The van der Waals surface area contributed by atoms with Crippen molar-refractivity contribution in [3.63, 3.8) is 0 Å². The minimum absolute atomic E-state index is 0.0213. The summed E-state index contributed by atoms with van der Waals surface area (Å²) in [4.78, 5) is 12.0. The molecule has 144 valence electrons. The number of hydrogen-bond donors (Lipinski definition) is 1. The highest BCUT2D eigenvalue weighted by atomic mass is 79.9. The number of aromatic nitrogens is 4. The second-order valence-corrected chi connectivity index (χ2v) is 8.68. The minimum Gasteiger partial charge on any atom is -0.397 e. The number of nitrogens with two attached hydrogens (primary N) is 1. The van der Waals surface area contributed by atoms with Gasteiger partial charge in [0.2, 0.25) is 0 Å². The third-order valence-corrected chi connectivity index (χ3v) is 6.31. The SMILES string of the molecule is CCS(=O)(=O)c1cc(N)c(Br)nc1-c1nc2cc(C(F)(F)F)cnc2n1C. The quantitative estimate of drug-likeness (QED) is 0.598. The van der Waals surface area contributed by atoms with Gasteiger partial charge in [0.15, 0.2) is 21.3 Å². The van der Waals surface area contributed by atoms with Crippen molar-refractivity contribution in [1.82, 2.24) is 19.5 Å². The number of nitrogens with zero attached hydrogens (tertiary/aromatic N) is 4. The predicted octanol–water partition coefficient (Wildman–Crippen LogP) is 3.19. The van der Waals surface area contributed by atoms with Crippen LogP contribution in [-0.2, 0) is 23.1 Å². The predicted molar refractivity (Wildman–Crippen MR) is 96.6 cm³/mol. The van der Waals surface area contributed by atoms with Crippen molar-refractivity contribution in [2.24, 2.45) is 7.05 Å². The maximum Gasteiger partial charge on any atom is 0.417 e. The fourth-order valence-electron chi connectivity index (χ4n) is 2.48. The molecule has 0 bridgehead atoms. The summed E-state index contributed by atoms with van der Waals surface area (Å²) < 4.78 is 65.3. The number of imidazole rings is 1. The summed E-state index contributed by atoms with van der Waals surface area (Å²) in [5.41, 5.74) is 5.03. The summed E-state index contributed by atoms with van der Waals surface area (Å²) in [6, 6.07) is 2.10. The largest absolute Gasteiger partial charge is 0.417 e. The zero-order valence-corrected chi connectivity index (χ0v) is 16.4. The van der Waals surface area contributed by atoms with Gasteiger partial charge in [0.1, 0.15) is 15.8 Å². The molecule has 3 aromatic heterocycles. The summed E-state index contributed by atoms with van der Waals surface area (Å²) in [5.74, 6) is -0.145. The van der Waals surface area contributed by atoms with Crippen LogP contribution >= 0.6 is 15.9 Å². The molecule has 3 heterocycles. The Labute approximate surface area is 160 Å². The van der Waals surface area contributed by atoms with Gasteiger partial charge < -0.3 is 10.3 Å². The molecule has 27 heavy (non-hydrogen) atoms. The minimum atomic E-state index is -4.57. The van der Waals surface area contributed by atoms with Crippen LogP contribution in [0, 0.1) is 0 Å². The Morgan fingerprint density at radius 1 is 1.26 bits per heavy atom. The summed E-state index contributed by atoms with van der Waals surface area (Å²) >= 11 is 3.14. The van der Waals surface area contributed by atoms with E-state index in [1.165, 1.54) is 24.6 Å². The Bertz CT molecular complexity index is 1160. The molecule has 0 aliphatic rings. The van der Waals surface area contributed by atoms with E-state index in [0.29, 0.717) is 6.20 Å². The highest BCUT2D eigenvalue weighted by molar-refractivity contribution is 9.10. The molecule has 3 rings (SSSR count). The highest BCUT2D eigenvalue weighted by Gasteiger charge is 2.32. The second-order valence-electron chi connectivity index (χ2n) is 5.68. The molecule has 0 atom stereocenters. The monoisotopic (exact) mass is 463 g/mol. The first kappa shape index (κ1) is 19.5. The molecule has 0 saturated heterocycles. The van der Waals surface area contributed by atoms with Crippen molar-refractivity contribution >= 4 is 42.6 Å². The second kappa shape index (κ2) is 6.44. The topological polar surface area (TPSA) is 104 Å². The third kappa shape index (κ3) is 3.38. The zero-order valence-electron chi connectivity index (χ0n) is 14.0. The van der Waals surface area contributed by atoms with Crippen LogP contribution in [0.1, 0.15) is 12.5 Å². The van der Waals surface area contributed by atoms with E-state index in [1.54, 1.807) is 0 Å². The number of nitrogen functional groups attached to an aromatic ring is 1. The maximum atomic E-state index is 12.9. The van der Waals surface area contributed by atoms with Crippen molar-refractivity contribution in [1.29, 1.82) is 0 Å². The molecule has 0 aromatic carbocycles. The summed E-state index contributed by atoms with van der Waals surface area (Å²) in [6.45, 7) is 1.46. The number of aryl methyl sites for hydroxylation is 1. The van der Waals surface area contributed by atoms with Gasteiger partial charge >= 0.3 is 6.18 Å². The number of pyridine rings is 2. The molecular formula is C15H13BrF3N5O2S. The maximum absolute atomic E-state index is 12.9. The van der Waals surface area contributed by atoms with Crippen molar-refractivity contribution in [3.05, 3.63) is 28.5 Å². The lowest BCUT2D eigenvalue weighted by Gasteiger charge is -2.11. The molecular weight excluding hydrogens is 451 g/mol. The van der Waals surface area contributed by atoms with E-state index in [1.807, 2.05) is 0 Å². The Hall–Kier alpha value is -2.21. The normalized spacial score (nSPS) is 12.7. The molecule has 0 aliphatic carbocycles. The average Bonchev–Trinajstić information content (AvgIpc) is 2.92. The smallest absolute Gasteiger partial charge is 0.397 e. The Morgan fingerprint density at radius 2 is 1.93 bits per heavy atom. The Morgan fingerprint density at radius 3 is 2.52 bits per heavy atom. The zero-order chi connectivity index (χ0) is 20.1. The molecule has 0 radical (unpaired) electrons. The Balaban J connectivity index is 2.33. The van der Waals surface area contributed by atoms with Gasteiger partial charge in [-0.3, -0.25) is 0 Å². The Kier molecular flexibility index (Phi) is 4.67. The molecule has 3 aromatic rings. The van der Waals surface area contributed by atoms with Gasteiger partial charge in [-0.2, -0.15) is 13.2 Å². The number of rotatable bonds is 3. The number of sulfone groups is 1. The molecule has 0 saturated carbocycles. The standard InChI is InChI=1S/C15H13BrF3N5O2S/c1-3-27(25,26)10-5-8(20)12(16)23-11(10)14-22-9-4-7(15(17,18)19)6-21-13(9)24(14)2/h4-6H,3,20H2,1-2H3. The van der Waals surface area contributed by atoms with Crippen LogP contribution in [0.3, 0.4) is 0 Å². The third-order valence-electron chi connectivity index (χ3n) is 3.93. The number of hydrogen-bond acceptors (Lipinski definition) is 6. The lowest BCUT2D eigenvalue weighted by Crippen LogP contribution is -2.10. The van der Waals surface area contributed by atoms with Gasteiger partial charge in [-0.15, -0.1) is 0 Å². The van der Waals surface area contributed by atoms with E-state index in [0.717, 1.165) is 6.07 Å². The van der Waals surface area contributed by atoms with E-state index in [-0.39, 0.29) is 43.6 Å². The van der Waals surface area contributed by atoms with Gasteiger partial charge in [0, 0.05) is 13.2 Å². The molecule has 7 nitrogen and oxygen atoms in total. The van der Waals surface area contributed by atoms with Gasteiger partial charge in [-0.1, -0.05) is 6.92 Å². The molecule has 0 amide bonds. The molecule has 2 N–H and O–H groups in total. The summed E-state index contributed by atoms with van der Waals surface area (Å²) in [7, 11) is -2.21. The number of alkyl halides is 3. The molecule has 0 spiro atoms. The van der Waals surface area contributed by atoms with E-state index < -0.39 is 21.6 Å². The van der Waals surface area contributed by atoms with E-state index in [9.17, 15) is 21.6 Å². The van der Waals surface area contributed by atoms with E-state index in [4.69, 9.17) is 5.73 Å². The molecule has 0 aliphatic heterocycles. The van der Waals surface area contributed by atoms with E-state index >= 15 is 0 Å². The van der Waals surface area contributed by atoms with Crippen LogP contribution in [0.2, 0.25) is 0 Å². The van der Waals surface area contributed by atoms with Crippen LogP contribution in [-0.4, -0.2) is 33.7 Å². The molecule has 12 heteroatoms. The van der Waals surface area contributed by atoms with E-state index in [2.05, 4.69) is 30.9 Å². The highest BCUT2D eigenvalue weighted by Crippen LogP contribution is 2.34. The molecule has 0 unspecified atom stereocenters. The van der Waals surface area contributed by atoms with Crippen molar-refractivity contribution in [3.8, 4) is 11.5 Å². The van der Waals surface area contributed by atoms with Crippen molar-refractivity contribution < 1.29 is 21.6 Å². The first-order valence-corrected chi connectivity index (χ1v) is 9.99. The lowest BCUT2D eigenvalue weighted by atomic mass is 10.2. The van der Waals surface area contributed by atoms with Gasteiger partial charge in [-0.05, 0) is 28.1 Å². The van der Waals surface area contributed by atoms with Gasteiger partial charge in [0.25, 0.3) is 0 Å². The summed E-state index contributed by atoms with van der Waals surface area (Å²) in [6.07, 6.45) is -3.87. The lowest BCUT2D eigenvalue weighted by molar-refractivity contribution is -0.137. The van der Waals surface area contributed by atoms with Crippen molar-refractivity contribution in [2.75, 3.05) is 11.5 Å². The number of anilines is 1. The fraction of sp³-hybridized carbons (Fsp3) is 0.267. The average molecular weight is 464 g/mol. The van der Waals surface area contributed by atoms with Crippen LogP contribution in [0.4, 0.5) is 18.9 Å². The summed E-state index contributed by atoms with van der Waals surface area (Å²) in [5, 5.41) is 0. The first-order valence-electron chi connectivity index (χ1n) is 7.54. The fourth-order valence-corrected chi connectivity index (χ4v) is 3.82. The van der Waals surface area contributed by atoms with Gasteiger partial charge in [0.05, 0.1) is 21.9 Å². The van der Waals surface area contributed by atoms with Crippen molar-refractivity contribution in [2.45, 2.75) is 18.0 Å². The van der Waals surface area contributed by atoms with Crippen LogP contribution in [0.5, 0.6) is 0 Å². The number of fused-ring (bicyclic) bond motifs is 1. The van der Waals surface area contributed by atoms with Crippen LogP contribution in [0.15, 0.2) is 27.8 Å². The number of halogens is 4. The van der Waals surface area contributed by atoms with Crippen LogP contribution < -0.4 is 5.73 Å². The first-order chi connectivity index (χ1) is 12.5.